The molecule has 0 aliphatic carbocycles. The third-order valence-corrected chi connectivity index (χ3v) is 5.41. The highest BCUT2D eigenvalue weighted by atomic mass is 32.2. The summed E-state index contributed by atoms with van der Waals surface area (Å²) >= 11 is 0. The molecule has 0 saturated carbocycles. The number of anilines is 1. The number of hydrogen-bond donors (Lipinski definition) is 2. The third kappa shape index (κ3) is 5.09. The van der Waals surface area contributed by atoms with E-state index in [1.165, 1.54) is 12.3 Å². The Labute approximate surface area is 159 Å². The number of pyridine rings is 1. The maximum Gasteiger partial charge on any atom is 0.239 e. The molecule has 1 aliphatic rings. The summed E-state index contributed by atoms with van der Waals surface area (Å²) < 4.78 is 33.2. The molecule has 3 N–H and O–H groups in total. The van der Waals surface area contributed by atoms with Gasteiger partial charge in [0.2, 0.25) is 10.0 Å². The number of benzene rings is 1. The van der Waals surface area contributed by atoms with Gasteiger partial charge in [-0.25, -0.2) is 18.5 Å². The van der Waals surface area contributed by atoms with E-state index >= 15 is 0 Å². The third-order valence-electron chi connectivity index (χ3n) is 4.51. The van der Waals surface area contributed by atoms with Crippen LogP contribution in [0.3, 0.4) is 0 Å². The fourth-order valence-electron chi connectivity index (χ4n) is 3.15. The molecule has 0 spiro atoms. The lowest BCUT2D eigenvalue weighted by molar-refractivity contribution is 0.326. The van der Waals surface area contributed by atoms with E-state index in [9.17, 15) is 8.42 Å². The highest BCUT2D eigenvalue weighted by Gasteiger charge is 2.23. The van der Waals surface area contributed by atoms with Crippen molar-refractivity contribution in [2.45, 2.75) is 23.9 Å². The van der Waals surface area contributed by atoms with Crippen LogP contribution >= 0.6 is 0 Å². The Morgan fingerprint density at radius 1 is 1.22 bits per heavy atom. The van der Waals surface area contributed by atoms with E-state index in [1.54, 1.807) is 20.3 Å². The van der Waals surface area contributed by atoms with Crippen molar-refractivity contribution in [1.29, 1.82) is 0 Å². The minimum Gasteiger partial charge on any atom is -0.497 e. The van der Waals surface area contributed by atoms with E-state index in [2.05, 4.69) is 15.2 Å². The van der Waals surface area contributed by atoms with E-state index in [0.717, 1.165) is 43.1 Å². The number of hydrogen-bond acceptors (Lipinski definition) is 7. The number of likely N-dealkylation sites (tertiary alicyclic amines) is 1. The predicted molar refractivity (Wildman–Crippen MR) is 102 cm³/mol. The molecule has 1 fully saturated rings. The van der Waals surface area contributed by atoms with Crippen molar-refractivity contribution in [3.63, 3.8) is 0 Å². The summed E-state index contributed by atoms with van der Waals surface area (Å²) in [7, 11) is -0.438. The van der Waals surface area contributed by atoms with Gasteiger partial charge in [0.15, 0.2) is 0 Å². The lowest BCUT2D eigenvalue weighted by Crippen LogP contribution is -2.26. The van der Waals surface area contributed by atoms with Crippen LogP contribution in [0.4, 0.5) is 5.82 Å². The van der Waals surface area contributed by atoms with Gasteiger partial charge in [-0.1, -0.05) is 0 Å². The van der Waals surface area contributed by atoms with E-state index < -0.39 is 10.0 Å². The summed E-state index contributed by atoms with van der Waals surface area (Å²) in [6, 6.07) is 9.21. The van der Waals surface area contributed by atoms with E-state index in [4.69, 9.17) is 14.6 Å². The van der Waals surface area contributed by atoms with Gasteiger partial charge in [-0.15, -0.1) is 0 Å². The summed E-state index contributed by atoms with van der Waals surface area (Å²) in [5.74, 6) is 2.19. The second kappa shape index (κ2) is 8.12. The van der Waals surface area contributed by atoms with Gasteiger partial charge < -0.3 is 14.8 Å². The summed E-state index contributed by atoms with van der Waals surface area (Å²) in [4.78, 5) is 6.49. The fourth-order valence-corrected chi connectivity index (χ4v) is 3.61. The van der Waals surface area contributed by atoms with E-state index in [1.807, 2.05) is 18.2 Å². The molecule has 2 heterocycles. The zero-order chi connectivity index (χ0) is 19.4. The number of nitrogens with zero attached hydrogens (tertiary/aromatic N) is 2. The van der Waals surface area contributed by atoms with Crippen LogP contribution < -0.4 is 19.9 Å². The number of nitrogens with two attached hydrogens (primary N) is 1. The second-order valence-electron chi connectivity index (χ2n) is 6.51. The lowest BCUT2D eigenvalue weighted by atomic mass is 10.2. The minimum atomic E-state index is -3.72. The van der Waals surface area contributed by atoms with Gasteiger partial charge >= 0.3 is 0 Å². The molecular weight excluding hydrogens is 368 g/mol. The van der Waals surface area contributed by atoms with Crippen LogP contribution in [0.1, 0.15) is 12.0 Å². The van der Waals surface area contributed by atoms with Crippen LogP contribution in [0.15, 0.2) is 41.4 Å². The summed E-state index contributed by atoms with van der Waals surface area (Å²) in [6.45, 7) is 2.61. The standard InChI is InChI=1S/C18H24N4O4S/c1-25-15-7-13(8-16(9-15)26-2)11-22-6-5-14(12-22)21-18-4-3-17(10-20-18)27(19,23)24/h3-4,7-10,14H,5-6,11-12H2,1-2H3,(H,20,21)(H2,19,23,24). The van der Waals surface area contributed by atoms with Gasteiger partial charge in [0.1, 0.15) is 22.2 Å². The number of primary sulfonamides is 1. The summed E-state index contributed by atoms with van der Waals surface area (Å²) in [5, 5.41) is 8.43. The monoisotopic (exact) mass is 392 g/mol. The highest BCUT2D eigenvalue weighted by molar-refractivity contribution is 7.89. The maximum atomic E-state index is 11.3. The topological polar surface area (TPSA) is 107 Å². The molecule has 1 aromatic heterocycles. The number of nitrogens with one attached hydrogen (secondary N) is 1. The first-order chi connectivity index (χ1) is 12.9. The van der Waals surface area contributed by atoms with Crippen molar-refractivity contribution in [2.24, 2.45) is 5.14 Å². The van der Waals surface area contributed by atoms with Crippen molar-refractivity contribution in [1.82, 2.24) is 9.88 Å². The van der Waals surface area contributed by atoms with E-state index in [0.29, 0.717) is 5.82 Å². The molecule has 1 aromatic carbocycles. The quantitative estimate of drug-likeness (QED) is 0.734. The zero-order valence-electron chi connectivity index (χ0n) is 15.4. The molecule has 2 aromatic rings. The molecule has 9 heteroatoms. The lowest BCUT2D eigenvalue weighted by Gasteiger charge is -2.18. The Bertz CT molecular complexity index is 864. The summed E-state index contributed by atoms with van der Waals surface area (Å²) in [6.07, 6.45) is 2.24. The number of ether oxygens (including phenoxy) is 2. The van der Waals surface area contributed by atoms with Gasteiger partial charge in [0, 0.05) is 37.9 Å². The van der Waals surface area contributed by atoms with Crippen molar-refractivity contribution < 1.29 is 17.9 Å². The molecule has 27 heavy (non-hydrogen) atoms. The molecule has 1 saturated heterocycles. The van der Waals surface area contributed by atoms with Gasteiger partial charge in [-0.2, -0.15) is 0 Å². The predicted octanol–water partition coefficient (Wildman–Crippen LogP) is 1.43. The molecule has 8 nitrogen and oxygen atoms in total. The van der Waals surface area contributed by atoms with Crippen molar-refractivity contribution in [3.8, 4) is 11.5 Å². The first-order valence-electron chi connectivity index (χ1n) is 8.57. The molecule has 0 bridgehead atoms. The molecule has 0 amide bonds. The molecule has 1 unspecified atom stereocenters. The molecule has 1 atom stereocenters. The van der Waals surface area contributed by atoms with Gasteiger partial charge in [-0.05, 0) is 36.2 Å². The molecule has 1 aliphatic heterocycles. The number of methoxy groups -OCH3 is 2. The van der Waals surface area contributed by atoms with Crippen molar-refractivity contribution in [2.75, 3.05) is 32.6 Å². The first kappa shape index (κ1) is 19.4. The van der Waals surface area contributed by atoms with Crippen molar-refractivity contribution >= 4 is 15.8 Å². The number of rotatable bonds is 7. The highest BCUT2D eigenvalue weighted by Crippen LogP contribution is 2.25. The Morgan fingerprint density at radius 3 is 2.48 bits per heavy atom. The minimum absolute atomic E-state index is 0.00747. The second-order valence-corrected chi connectivity index (χ2v) is 8.07. The van der Waals surface area contributed by atoms with Crippen LogP contribution in [0.5, 0.6) is 11.5 Å². The number of sulfonamides is 1. The van der Waals surface area contributed by atoms with Crippen LogP contribution in [0.2, 0.25) is 0 Å². The normalized spacial score (nSPS) is 17.7. The van der Waals surface area contributed by atoms with Gasteiger partial charge in [0.25, 0.3) is 0 Å². The Morgan fingerprint density at radius 2 is 1.93 bits per heavy atom. The van der Waals surface area contributed by atoms with Crippen LogP contribution in [-0.2, 0) is 16.6 Å². The first-order valence-corrected chi connectivity index (χ1v) is 10.1. The summed E-state index contributed by atoms with van der Waals surface area (Å²) in [5.41, 5.74) is 1.13. The molecular formula is C18H24N4O4S. The SMILES string of the molecule is COc1cc(CN2CCC(Nc3ccc(S(N)(=O)=O)cn3)C2)cc(OC)c1. The number of aromatic nitrogens is 1. The van der Waals surface area contributed by atoms with Crippen LogP contribution in [-0.4, -0.2) is 51.7 Å². The average molecular weight is 392 g/mol. The Balaban J connectivity index is 1.59. The van der Waals surface area contributed by atoms with Crippen molar-refractivity contribution in [3.05, 3.63) is 42.1 Å². The van der Waals surface area contributed by atoms with Gasteiger partial charge in [-0.3, -0.25) is 4.90 Å². The van der Waals surface area contributed by atoms with Gasteiger partial charge in [0.05, 0.1) is 14.2 Å². The zero-order valence-corrected chi connectivity index (χ0v) is 16.2. The molecule has 146 valence electrons. The van der Waals surface area contributed by atoms with Crippen LogP contribution in [0, 0.1) is 0 Å². The smallest absolute Gasteiger partial charge is 0.239 e. The Kier molecular flexibility index (Phi) is 5.83. The Hall–Kier alpha value is -2.36. The fraction of sp³-hybridized carbons (Fsp3) is 0.389. The molecule has 3 rings (SSSR count). The average Bonchev–Trinajstić information content (AvgIpc) is 3.07. The molecule has 0 radical (unpaired) electrons. The maximum absolute atomic E-state index is 11.3. The van der Waals surface area contributed by atoms with Crippen LogP contribution in [0.25, 0.3) is 0 Å². The largest absolute Gasteiger partial charge is 0.497 e. The van der Waals surface area contributed by atoms with E-state index in [-0.39, 0.29) is 10.9 Å².